The Morgan fingerprint density at radius 3 is 2.97 bits per heavy atom. The number of pyridine rings is 1. The molecular formula is C19H25N5O4S. The molecule has 3 heterocycles. The SMILES string of the molecule is CC(C)NC(=O)O[C@@H]1CC[C@H](c2cc(Nc3ccnc4c3CCS4(=O)=O)n[nH]2)C1. The highest BCUT2D eigenvalue weighted by molar-refractivity contribution is 7.91. The molecule has 1 amide bonds. The van der Waals surface area contributed by atoms with Gasteiger partial charge in [0.15, 0.2) is 20.7 Å². The van der Waals surface area contributed by atoms with Crippen molar-refractivity contribution in [2.75, 3.05) is 11.1 Å². The molecule has 4 rings (SSSR count). The lowest BCUT2D eigenvalue weighted by Gasteiger charge is -2.14. The van der Waals surface area contributed by atoms with Gasteiger partial charge in [-0.2, -0.15) is 5.10 Å². The maximum absolute atomic E-state index is 12.0. The third-order valence-corrected chi connectivity index (χ3v) is 6.98. The summed E-state index contributed by atoms with van der Waals surface area (Å²) in [6.07, 6.45) is 3.93. The topological polar surface area (TPSA) is 126 Å². The molecule has 1 aliphatic carbocycles. The van der Waals surface area contributed by atoms with Crippen molar-refractivity contribution in [3.63, 3.8) is 0 Å². The second-order valence-corrected chi connectivity index (χ2v) is 9.91. The highest BCUT2D eigenvalue weighted by Gasteiger charge is 2.31. The third-order valence-electron chi connectivity index (χ3n) is 5.30. The van der Waals surface area contributed by atoms with E-state index in [1.807, 2.05) is 19.9 Å². The molecule has 0 aromatic carbocycles. The van der Waals surface area contributed by atoms with E-state index in [-0.39, 0.29) is 34.9 Å². The molecule has 2 aromatic rings. The van der Waals surface area contributed by atoms with Crippen LogP contribution >= 0.6 is 0 Å². The lowest BCUT2D eigenvalue weighted by atomic mass is 10.0. The van der Waals surface area contributed by atoms with Gasteiger partial charge in [0.05, 0.1) is 5.75 Å². The largest absolute Gasteiger partial charge is 0.446 e. The molecule has 2 aliphatic rings. The van der Waals surface area contributed by atoms with Crippen LogP contribution in [-0.4, -0.2) is 47.6 Å². The smallest absolute Gasteiger partial charge is 0.407 e. The average molecular weight is 420 g/mol. The highest BCUT2D eigenvalue weighted by atomic mass is 32.2. The summed E-state index contributed by atoms with van der Waals surface area (Å²) in [5, 5.41) is 13.5. The van der Waals surface area contributed by atoms with Crippen LogP contribution in [0.2, 0.25) is 0 Å². The zero-order chi connectivity index (χ0) is 20.6. The van der Waals surface area contributed by atoms with Gasteiger partial charge in [0.25, 0.3) is 0 Å². The van der Waals surface area contributed by atoms with Crippen LogP contribution in [0, 0.1) is 0 Å². The van der Waals surface area contributed by atoms with Crippen molar-refractivity contribution < 1.29 is 17.9 Å². The molecule has 10 heteroatoms. The van der Waals surface area contributed by atoms with E-state index in [1.165, 1.54) is 6.20 Å². The second kappa shape index (κ2) is 7.66. The number of fused-ring (bicyclic) bond motifs is 1. The van der Waals surface area contributed by atoms with E-state index in [9.17, 15) is 13.2 Å². The van der Waals surface area contributed by atoms with E-state index in [4.69, 9.17) is 4.74 Å². The molecule has 0 unspecified atom stereocenters. The predicted octanol–water partition coefficient (Wildman–Crippen LogP) is 2.65. The monoisotopic (exact) mass is 419 g/mol. The van der Waals surface area contributed by atoms with Gasteiger partial charge in [-0.3, -0.25) is 5.10 Å². The molecule has 1 fully saturated rings. The first-order chi connectivity index (χ1) is 13.8. The third kappa shape index (κ3) is 4.21. The number of hydrogen-bond acceptors (Lipinski definition) is 7. The van der Waals surface area contributed by atoms with Gasteiger partial charge in [-0.1, -0.05) is 0 Å². The lowest BCUT2D eigenvalue weighted by Crippen LogP contribution is -2.33. The number of aromatic nitrogens is 3. The number of aromatic amines is 1. The van der Waals surface area contributed by atoms with Crippen LogP contribution in [0.1, 0.15) is 50.3 Å². The first-order valence-corrected chi connectivity index (χ1v) is 11.5. The van der Waals surface area contributed by atoms with E-state index >= 15 is 0 Å². The first kappa shape index (κ1) is 19.7. The number of anilines is 2. The number of rotatable bonds is 5. The molecule has 0 saturated heterocycles. The van der Waals surface area contributed by atoms with Gasteiger partial charge in [0, 0.05) is 41.2 Å². The fourth-order valence-electron chi connectivity index (χ4n) is 3.93. The summed E-state index contributed by atoms with van der Waals surface area (Å²) in [5.41, 5.74) is 2.40. The fraction of sp³-hybridized carbons (Fsp3) is 0.526. The first-order valence-electron chi connectivity index (χ1n) is 9.82. The zero-order valence-corrected chi connectivity index (χ0v) is 17.3. The normalized spacial score (nSPS) is 22.4. The molecule has 0 radical (unpaired) electrons. The Balaban J connectivity index is 1.40. The van der Waals surface area contributed by atoms with E-state index < -0.39 is 9.84 Å². The number of carbonyl (C=O) groups is 1. The molecule has 2 aromatic heterocycles. The van der Waals surface area contributed by atoms with Crippen molar-refractivity contribution >= 4 is 27.4 Å². The number of ether oxygens (including phenoxy) is 1. The van der Waals surface area contributed by atoms with Crippen LogP contribution in [0.5, 0.6) is 0 Å². The maximum Gasteiger partial charge on any atom is 0.407 e. The average Bonchev–Trinajstić information content (AvgIpc) is 3.35. The molecule has 3 N–H and O–H groups in total. The van der Waals surface area contributed by atoms with Gasteiger partial charge in [0.1, 0.15) is 6.10 Å². The van der Waals surface area contributed by atoms with Crippen molar-refractivity contribution in [1.29, 1.82) is 0 Å². The van der Waals surface area contributed by atoms with E-state index in [1.54, 1.807) is 6.07 Å². The second-order valence-electron chi connectivity index (χ2n) is 7.88. The summed E-state index contributed by atoms with van der Waals surface area (Å²) in [7, 11) is -3.28. The summed E-state index contributed by atoms with van der Waals surface area (Å²) < 4.78 is 29.6. The van der Waals surface area contributed by atoms with Crippen molar-refractivity contribution in [1.82, 2.24) is 20.5 Å². The molecule has 1 aliphatic heterocycles. The Morgan fingerprint density at radius 1 is 1.34 bits per heavy atom. The molecule has 0 spiro atoms. The molecule has 2 atom stereocenters. The highest BCUT2D eigenvalue weighted by Crippen LogP contribution is 2.37. The minimum Gasteiger partial charge on any atom is -0.446 e. The van der Waals surface area contributed by atoms with Crippen molar-refractivity contribution in [2.24, 2.45) is 0 Å². The number of H-pyrrole nitrogens is 1. The summed E-state index contributed by atoms with van der Waals surface area (Å²) >= 11 is 0. The fourth-order valence-corrected chi connectivity index (χ4v) is 5.41. The maximum atomic E-state index is 12.0. The molecule has 0 bridgehead atoms. The standard InChI is InChI=1S/C19H25N5O4S/c1-11(2)21-19(25)28-13-4-3-12(9-13)16-10-17(24-23-16)22-15-5-7-20-18-14(15)6-8-29(18,26)27/h5,7,10-13H,3-4,6,8-9H2,1-2H3,(H,21,25)(H2,20,22,23,24)/t12-,13+/m0/s1. The van der Waals surface area contributed by atoms with Gasteiger partial charge in [-0.05, 0) is 45.6 Å². The summed E-state index contributed by atoms with van der Waals surface area (Å²) in [6.45, 7) is 3.79. The molecule has 1 saturated carbocycles. The van der Waals surface area contributed by atoms with Crippen LogP contribution < -0.4 is 10.6 Å². The van der Waals surface area contributed by atoms with E-state index in [0.717, 1.165) is 25.0 Å². The van der Waals surface area contributed by atoms with Crippen LogP contribution in [0.4, 0.5) is 16.3 Å². The van der Waals surface area contributed by atoms with Gasteiger partial charge in [-0.15, -0.1) is 0 Å². The van der Waals surface area contributed by atoms with Crippen molar-refractivity contribution in [2.45, 2.75) is 62.6 Å². The van der Waals surface area contributed by atoms with E-state index in [2.05, 4.69) is 25.8 Å². The summed E-state index contributed by atoms with van der Waals surface area (Å²) in [4.78, 5) is 15.8. The Labute approximate surface area is 169 Å². The van der Waals surface area contributed by atoms with Gasteiger partial charge < -0.3 is 15.4 Å². The number of nitrogens with zero attached hydrogens (tertiary/aromatic N) is 2. The number of amides is 1. The van der Waals surface area contributed by atoms with Crippen LogP contribution in [-0.2, 0) is 21.0 Å². The Kier molecular flexibility index (Phi) is 5.20. The molecule has 156 valence electrons. The van der Waals surface area contributed by atoms with Crippen molar-refractivity contribution in [3.05, 3.63) is 29.6 Å². The van der Waals surface area contributed by atoms with Gasteiger partial charge in [0.2, 0.25) is 0 Å². The number of nitrogens with one attached hydrogen (secondary N) is 3. The van der Waals surface area contributed by atoms with Crippen LogP contribution in [0.3, 0.4) is 0 Å². The Morgan fingerprint density at radius 2 is 2.17 bits per heavy atom. The number of carbonyl (C=O) groups excluding carboxylic acids is 1. The zero-order valence-electron chi connectivity index (χ0n) is 16.4. The van der Waals surface area contributed by atoms with Crippen molar-refractivity contribution in [3.8, 4) is 0 Å². The Hall–Kier alpha value is -2.62. The predicted molar refractivity (Wildman–Crippen MR) is 107 cm³/mol. The van der Waals surface area contributed by atoms with Crippen LogP contribution in [0.25, 0.3) is 0 Å². The minimum atomic E-state index is -3.28. The summed E-state index contributed by atoms with van der Waals surface area (Å²) in [5.74, 6) is 0.950. The molecule has 9 nitrogen and oxygen atoms in total. The minimum absolute atomic E-state index is 0.0468. The van der Waals surface area contributed by atoms with Gasteiger partial charge >= 0.3 is 6.09 Å². The van der Waals surface area contributed by atoms with E-state index in [0.29, 0.717) is 23.5 Å². The van der Waals surface area contributed by atoms with Crippen LogP contribution in [0.15, 0.2) is 23.4 Å². The number of sulfone groups is 1. The Bertz CT molecular complexity index is 1020. The van der Waals surface area contributed by atoms with Gasteiger partial charge in [-0.25, -0.2) is 18.2 Å². The molecular weight excluding hydrogens is 394 g/mol. The lowest BCUT2D eigenvalue weighted by molar-refractivity contribution is 0.0981. The quantitative estimate of drug-likeness (QED) is 0.680. The number of hydrogen-bond donors (Lipinski definition) is 3. The number of alkyl carbamates (subject to hydrolysis) is 1. The molecule has 29 heavy (non-hydrogen) atoms. The summed E-state index contributed by atoms with van der Waals surface area (Å²) in [6, 6.07) is 3.74.